The van der Waals surface area contributed by atoms with Crippen LogP contribution < -0.4 is 5.63 Å². The van der Waals surface area contributed by atoms with Gasteiger partial charge < -0.3 is 4.42 Å². The van der Waals surface area contributed by atoms with Gasteiger partial charge in [0, 0.05) is 11.1 Å². The van der Waals surface area contributed by atoms with Crippen molar-refractivity contribution < 1.29 is 17.6 Å². The van der Waals surface area contributed by atoms with Gasteiger partial charge in [0.15, 0.2) is 0 Å². The maximum atomic E-state index is 13.6. The molecule has 0 atom stereocenters. The highest BCUT2D eigenvalue weighted by Gasteiger charge is 2.32. The standard InChI is InChI=1S/C15H7ClF3NO2/c16-15(18,19)9-5-2-1-4-8(9)13-20-11-7-3-6-10(17)12(11)14(21)22-13/h1-7H. The Labute approximate surface area is 127 Å². The quantitative estimate of drug-likeness (QED) is 0.660. The molecule has 1 aromatic heterocycles. The predicted octanol–water partition coefficient (Wildman–Crippen LogP) is 4.28. The predicted molar refractivity (Wildman–Crippen MR) is 75.4 cm³/mol. The molecule has 0 radical (unpaired) electrons. The minimum atomic E-state index is -3.66. The van der Waals surface area contributed by atoms with Crippen LogP contribution in [0.3, 0.4) is 0 Å². The van der Waals surface area contributed by atoms with E-state index in [0.717, 1.165) is 12.1 Å². The summed E-state index contributed by atoms with van der Waals surface area (Å²) in [6.45, 7) is 0. The van der Waals surface area contributed by atoms with E-state index in [1.807, 2.05) is 0 Å². The van der Waals surface area contributed by atoms with Crippen molar-refractivity contribution in [3.63, 3.8) is 0 Å². The van der Waals surface area contributed by atoms with Crippen LogP contribution in [0, 0.1) is 5.82 Å². The third kappa shape index (κ3) is 2.46. The average Bonchev–Trinajstić information content (AvgIpc) is 2.46. The van der Waals surface area contributed by atoms with E-state index in [9.17, 15) is 18.0 Å². The smallest absolute Gasteiger partial charge is 0.350 e. The van der Waals surface area contributed by atoms with Gasteiger partial charge in [0.05, 0.1) is 5.52 Å². The molecule has 0 aliphatic heterocycles. The Morgan fingerprint density at radius 2 is 1.82 bits per heavy atom. The van der Waals surface area contributed by atoms with Crippen molar-refractivity contribution in [2.45, 2.75) is 5.38 Å². The fourth-order valence-corrected chi connectivity index (χ4v) is 2.28. The second kappa shape index (κ2) is 5.14. The fraction of sp³-hybridized carbons (Fsp3) is 0.0667. The Morgan fingerprint density at radius 3 is 2.55 bits per heavy atom. The maximum Gasteiger partial charge on any atom is 0.350 e. The number of halogens is 4. The van der Waals surface area contributed by atoms with E-state index in [1.165, 1.54) is 30.3 Å². The molecule has 0 amide bonds. The lowest BCUT2D eigenvalue weighted by Crippen LogP contribution is -2.09. The first kappa shape index (κ1) is 14.6. The van der Waals surface area contributed by atoms with Gasteiger partial charge in [-0.3, -0.25) is 0 Å². The van der Waals surface area contributed by atoms with Crippen LogP contribution in [0.25, 0.3) is 22.4 Å². The molecule has 0 N–H and O–H groups in total. The first-order valence-corrected chi connectivity index (χ1v) is 6.51. The Hall–Kier alpha value is -2.34. The molecular formula is C15H7ClF3NO2. The zero-order chi connectivity index (χ0) is 15.9. The third-order valence-corrected chi connectivity index (χ3v) is 3.27. The van der Waals surface area contributed by atoms with Gasteiger partial charge in [-0.1, -0.05) is 24.3 Å². The molecule has 112 valence electrons. The van der Waals surface area contributed by atoms with Gasteiger partial charge in [0.1, 0.15) is 11.2 Å². The molecular weight excluding hydrogens is 319 g/mol. The number of hydrogen-bond acceptors (Lipinski definition) is 3. The summed E-state index contributed by atoms with van der Waals surface area (Å²) in [4.78, 5) is 15.8. The molecule has 0 saturated carbocycles. The van der Waals surface area contributed by atoms with Crippen molar-refractivity contribution >= 4 is 22.5 Å². The minimum absolute atomic E-state index is 0.0129. The molecule has 0 aliphatic rings. The third-order valence-electron chi connectivity index (χ3n) is 3.07. The summed E-state index contributed by atoms with van der Waals surface area (Å²) in [7, 11) is 0. The molecule has 22 heavy (non-hydrogen) atoms. The molecule has 1 heterocycles. The lowest BCUT2D eigenvalue weighted by molar-refractivity contribution is 0.0955. The molecule has 0 spiro atoms. The lowest BCUT2D eigenvalue weighted by Gasteiger charge is -2.12. The Kier molecular flexibility index (Phi) is 3.41. The van der Waals surface area contributed by atoms with Gasteiger partial charge >= 0.3 is 11.0 Å². The molecule has 3 nitrogen and oxygen atoms in total. The number of alkyl halides is 3. The van der Waals surface area contributed by atoms with Crippen LogP contribution >= 0.6 is 11.6 Å². The van der Waals surface area contributed by atoms with Crippen LogP contribution in [0.4, 0.5) is 13.2 Å². The van der Waals surface area contributed by atoms with Crippen molar-refractivity contribution in [3.8, 4) is 11.5 Å². The highest BCUT2D eigenvalue weighted by atomic mass is 35.5. The average molecular weight is 326 g/mol. The van der Waals surface area contributed by atoms with E-state index in [-0.39, 0.29) is 22.4 Å². The number of benzene rings is 2. The van der Waals surface area contributed by atoms with Crippen LogP contribution in [0.15, 0.2) is 51.7 Å². The normalized spacial score (nSPS) is 11.8. The number of hydrogen-bond donors (Lipinski definition) is 0. The van der Waals surface area contributed by atoms with E-state index in [2.05, 4.69) is 4.98 Å². The lowest BCUT2D eigenvalue weighted by atomic mass is 10.1. The van der Waals surface area contributed by atoms with Crippen molar-refractivity contribution in [1.29, 1.82) is 0 Å². The molecule has 0 saturated heterocycles. The summed E-state index contributed by atoms with van der Waals surface area (Å²) < 4.78 is 45.4. The van der Waals surface area contributed by atoms with Gasteiger partial charge in [-0.05, 0) is 29.8 Å². The summed E-state index contributed by atoms with van der Waals surface area (Å²) in [6, 6.07) is 9.06. The second-order valence-corrected chi connectivity index (χ2v) is 4.96. The van der Waals surface area contributed by atoms with Crippen LogP contribution in [-0.2, 0) is 5.38 Å². The van der Waals surface area contributed by atoms with Gasteiger partial charge in [0.25, 0.3) is 0 Å². The van der Waals surface area contributed by atoms with E-state index in [1.54, 1.807) is 0 Å². The van der Waals surface area contributed by atoms with Crippen molar-refractivity contribution in [2.75, 3.05) is 0 Å². The first-order chi connectivity index (χ1) is 10.4. The summed E-state index contributed by atoms with van der Waals surface area (Å²) in [5.41, 5.74) is -1.67. The Bertz CT molecular complexity index is 919. The maximum absolute atomic E-state index is 13.6. The Balaban J connectivity index is 2.32. The molecule has 0 aliphatic carbocycles. The van der Waals surface area contributed by atoms with E-state index < -0.39 is 22.4 Å². The Morgan fingerprint density at radius 1 is 1.09 bits per heavy atom. The van der Waals surface area contributed by atoms with Crippen molar-refractivity contribution in [3.05, 3.63) is 64.3 Å². The summed E-state index contributed by atoms with van der Waals surface area (Å²) >= 11 is 5.06. The largest absolute Gasteiger partial charge is 0.403 e. The number of nitrogens with zero attached hydrogens (tertiary/aromatic N) is 1. The summed E-state index contributed by atoms with van der Waals surface area (Å²) in [5, 5.41) is -3.99. The SMILES string of the molecule is O=c1oc(-c2ccccc2C(F)(F)Cl)nc2cccc(F)c12. The zero-order valence-corrected chi connectivity index (χ0v) is 11.6. The van der Waals surface area contributed by atoms with Crippen LogP contribution in [-0.4, -0.2) is 4.98 Å². The van der Waals surface area contributed by atoms with Crippen LogP contribution in [0.1, 0.15) is 5.56 Å². The second-order valence-electron chi connectivity index (χ2n) is 4.48. The molecule has 2 aromatic carbocycles. The molecule has 0 bridgehead atoms. The van der Waals surface area contributed by atoms with Gasteiger partial charge in [-0.25, -0.2) is 14.2 Å². The van der Waals surface area contributed by atoms with Crippen LogP contribution in [0.2, 0.25) is 0 Å². The van der Waals surface area contributed by atoms with Crippen molar-refractivity contribution in [1.82, 2.24) is 4.98 Å². The van der Waals surface area contributed by atoms with Gasteiger partial charge in [-0.15, -0.1) is 0 Å². The monoisotopic (exact) mass is 325 g/mol. The van der Waals surface area contributed by atoms with Crippen molar-refractivity contribution in [2.24, 2.45) is 0 Å². The van der Waals surface area contributed by atoms with E-state index >= 15 is 0 Å². The molecule has 3 aromatic rings. The number of aromatic nitrogens is 1. The summed E-state index contributed by atoms with van der Waals surface area (Å²) in [5.74, 6) is -1.14. The minimum Gasteiger partial charge on any atom is -0.403 e. The molecule has 3 rings (SSSR count). The topological polar surface area (TPSA) is 43.1 Å². The van der Waals surface area contributed by atoms with Crippen LogP contribution in [0.5, 0.6) is 0 Å². The van der Waals surface area contributed by atoms with Gasteiger partial charge in [-0.2, -0.15) is 8.78 Å². The molecule has 0 fully saturated rings. The zero-order valence-electron chi connectivity index (χ0n) is 10.8. The summed E-state index contributed by atoms with van der Waals surface area (Å²) in [6.07, 6.45) is 0. The van der Waals surface area contributed by atoms with E-state index in [0.29, 0.717) is 0 Å². The fourth-order valence-electron chi connectivity index (χ4n) is 2.11. The first-order valence-electron chi connectivity index (χ1n) is 6.14. The number of rotatable bonds is 2. The highest BCUT2D eigenvalue weighted by molar-refractivity contribution is 6.22. The molecule has 0 unspecified atom stereocenters. The van der Waals surface area contributed by atoms with Gasteiger partial charge in [0.2, 0.25) is 5.89 Å². The van der Waals surface area contributed by atoms with E-state index in [4.69, 9.17) is 16.0 Å². The number of fused-ring (bicyclic) bond motifs is 1. The highest BCUT2D eigenvalue weighted by Crippen LogP contribution is 2.38. The molecule has 7 heteroatoms.